The Hall–Kier alpha value is -2.25. The van der Waals surface area contributed by atoms with Crippen LogP contribution in [0, 0.1) is 0 Å². The summed E-state index contributed by atoms with van der Waals surface area (Å²) in [5.74, 6) is -1.94. The maximum atomic E-state index is 13.0. The zero-order chi connectivity index (χ0) is 17.9. The quantitative estimate of drug-likeness (QED) is 0.891. The number of alkyl halides is 3. The van der Waals surface area contributed by atoms with Crippen LogP contribution in [-0.2, 0) is 15.8 Å². The van der Waals surface area contributed by atoms with E-state index in [-0.39, 0.29) is 6.42 Å². The predicted molar refractivity (Wildman–Crippen MR) is 78.5 cm³/mol. The summed E-state index contributed by atoms with van der Waals surface area (Å²) in [6.45, 7) is 1.75. The van der Waals surface area contributed by atoms with E-state index in [9.17, 15) is 22.8 Å². The number of carbonyl (C=O) groups is 2. The number of aliphatic carboxylic acids is 1. The molecule has 5 nitrogen and oxygen atoms in total. The van der Waals surface area contributed by atoms with Crippen molar-refractivity contribution in [3.05, 3.63) is 29.8 Å². The van der Waals surface area contributed by atoms with Crippen molar-refractivity contribution in [2.45, 2.75) is 44.5 Å². The highest BCUT2D eigenvalue weighted by atomic mass is 19.4. The lowest BCUT2D eigenvalue weighted by molar-refractivity contribution is -0.145. The number of hydrogen-bond donors (Lipinski definition) is 1. The molecular weight excluding hydrogens is 327 g/mol. The van der Waals surface area contributed by atoms with Crippen LogP contribution in [0.4, 0.5) is 13.2 Å². The molecule has 0 bridgehead atoms. The molecule has 1 aromatic carbocycles. The largest absolute Gasteiger partial charge is 0.481 e. The van der Waals surface area contributed by atoms with E-state index in [0.29, 0.717) is 19.4 Å². The Kier molecular flexibility index (Phi) is 5.36. The Labute approximate surface area is 137 Å². The number of halogens is 3. The van der Waals surface area contributed by atoms with E-state index in [1.807, 2.05) is 0 Å². The summed E-state index contributed by atoms with van der Waals surface area (Å²) in [7, 11) is 0. The number of benzene rings is 1. The van der Waals surface area contributed by atoms with E-state index in [2.05, 4.69) is 0 Å². The topological polar surface area (TPSA) is 66.8 Å². The first-order valence-corrected chi connectivity index (χ1v) is 7.55. The fourth-order valence-electron chi connectivity index (χ4n) is 2.82. The zero-order valence-electron chi connectivity index (χ0n) is 13.0. The van der Waals surface area contributed by atoms with Crippen molar-refractivity contribution in [3.8, 4) is 5.75 Å². The van der Waals surface area contributed by atoms with Crippen LogP contribution in [0.5, 0.6) is 5.75 Å². The normalized spacial score (nSPS) is 19.2. The number of likely N-dealkylation sites (tertiary alicyclic amines) is 1. The van der Waals surface area contributed by atoms with Crippen LogP contribution >= 0.6 is 0 Å². The molecule has 0 aliphatic carbocycles. The summed E-state index contributed by atoms with van der Waals surface area (Å²) in [4.78, 5) is 24.7. The number of nitrogens with zero attached hydrogens (tertiary/aromatic N) is 1. The number of hydrogen-bond acceptors (Lipinski definition) is 3. The maximum absolute atomic E-state index is 13.0. The highest BCUT2D eigenvalue weighted by Crippen LogP contribution is 2.36. The van der Waals surface area contributed by atoms with Crippen molar-refractivity contribution < 1.29 is 32.6 Å². The van der Waals surface area contributed by atoms with Gasteiger partial charge in [0.1, 0.15) is 5.75 Å². The fourth-order valence-corrected chi connectivity index (χ4v) is 2.82. The van der Waals surface area contributed by atoms with E-state index in [0.717, 1.165) is 12.1 Å². The van der Waals surface area contributed by atoms with Crippen LogP contribution < -0.4 is 4.74 Å². The van der Waals surface area contributed by atoms with Crippen molar-refractivity contribution in [2.75, 3.05) is 6.54 Å². The molecule has 0 aromatic heterocycles. The Morgan fingerprint density at radius 3 is 2.67 bits per heavy atom. The molecule has 8 heteroatoms. The van der Waals surface area contributed by atoms with Gasteiger partial charge in [-0.2, -0.15) is 13.2 Å². The summed E-state index contributed by atoms with van der Waals surface area (Å²) in [5.41, 5.74) is -0.951. The third-order valence-corrected chi connectivity index (χ3v) is 3.91. The summed E-state index contributed by atoms with van der Waals surface area (Å²) >= 11 is 0. The van der Waals surface area contributed by atoms with Crippen LogP contribution in [-0.4, -0.2) is 40.6 Å². The second kappa shape index (κ2) is 7.11. The molecule has 2 unspecified atom stereocenters. The van der Waals surface area contributed by atoms with E-state index < -0.39 is 41.5 Å². The molecule has 1 fully saturated rings. The molecule has 1 aromatic rings. The monoisotopic (exact) mass is 345 g/mol. The van der Waals surface area contributed by atoms with Gasteiger partial charge >= 0.3 is 12.1 Å². The molecule has 1 heterocycles. The SMILES string of the molecule is CC(Oc1ccccc1C(F)(F)F)C(=O)N1CCCC1CC(=O)O. The summed E-state index contributed by atoms with van der Waals surface area (Å²) < 4.78 is 44.1. The van der Waals surface area contributed by atoms with Gasteiger partial charge in [0, 0.05) is 12.6 Å². The first-order chi connectivity index (χ1) is 11.2. The van der Waals surface area contributed by atoms with E-state index in [1.165, 1.54) is 24.0 Å². The van der Waals surface area contributed by atoms with Gasteiger partial charge in [-0.3, -0.25) is 9.59 Å². The van der Waals surface area contributed by atoms with Crippen molar-refractivity contribution in [1.82, 2.24) is 4.90 Å². The average molecular weight is 345 g/mol. The van der Waals surface area contributed by atoms with Gasteiger partial charge in [0.05, 0.1) is 12.0 Å². The number of ether oxygens (including phenoxy) is 1. The molecule has 132 valence electrons. The minimum absolute atomic E-state index is 0.183. The van der Waals surface area contributed by atoms with Crippen molar-refractivity contribution in [1.29, 1.82) is 0 Å². The highest BCUT2D eigenvalue weighted by Gasteiger charge is 2.37. The Morgan fingerprint density at radius 1 is 1.38 bits per heavy atom. The number of amides is 1. The van der Waals surface area contributed by atoms with Gasteiger partial charge in [0.2, 0.25) is 0 Å². The van der Waals surface area contributed by atoms with Gasteiger partial charge < -0.3 is 14.7 Å². The summed E-state index contributed by atoms with van der Waals surface area (Å²) in [5, 5.41) is 8.88. The van der Waals surface area contributed by atoms with Crippen LogP contribution in [0.1, 0.15) is 31.7 Å². The van der Waals surface area contributed by atoms with E-state index in [4.69, 9.17) is 9.84 Å². The average Bonchev–Trinajstić information content (AvgIpc) is 2.93. The van der Waals surface area contributed by atoms with Crippen LogP contribution in [0.2, 0.25) is 0 Å². The second-order valence-electron chi connectivity index (χ2n) is 5.68. The van der Waals surface area contributed by atoms with Crippen LogP contribution in [0.15, 0.2) is 24.3 Å². The lowest BCUT2D eigenvalue weighted by atomic mass is 10.1. The van der Waals surface area contributed by atoms with E-state index >= 15 is 0 Å². The van der Waals surface area contributed by atoms with Crippen molar-refractivity contribution in [2.24, 2.45) is 0 Å². The predicted octanol–water partition coefficient (Wildman–Crippen LogP) is 2.94. The number of carboxylic acids is 1. The van der Waals surface area contributed by atoms with Gasteiger partial charge in [-0.15, -0.1) is 0 Å². The molecule has 2 rings (SSSR count). The third kappa shape index (κ3) is 4.18. The molecule has 1 aliphatic rings. The Morgan fingerprint density at radius 2 is 2.04 bits per heavy atom. The maximum Gasteiger partial charge on any atom is 0.419 e. The molecule has 1 saturated heterocycles. The molecule has 1 N–H and O–H groups in total. The van der Waals surface area contributed by atoms with Gasteiger partial charge in [0.15, 0.2) is 6.10 Å². The molecular formula is C16H18F3NO4. The lowest BCUT2D eigenvalue weighted by Crippen LogP contribution is -2.44. The van der Waals surface area contributed by atoms with Gasteiger partial charge in [-0.25, -0.2) is 0 Å². The smallest absolute Gasteiger partial charge is 0.419 e. The molecule has 1 aliphatic heterocycles. The zero-order valence-corrected chi connectivity index (χ0v) is 13.0. The highest BCUT2D eigenvalue weighted by molar-refractivity contribution is 5.82. The summed E-state index contributed by atoms with van der Waals surface area (Å²) in [6, 6.07) is 4.23. The second-order valence-corrected chi connectivity index (χ2v) is 5.68. The lowest BCUT2D eigenvalue weighted by Gasteiger charge is -2.27. The van der Waals surface area contributed by atoms with Crippen molar-refractivity contribution >= 4 is 11.9 Å². The summed E-state index contributed by atoms with van der Waals surface area (Å²) in [6.07, 6.45) is -4.68. The molecule has 0 saturated carbocycles. The third-order valence-electron chi connectivity index (χ3n) is 3.91. The van der Waals surface area contributed by atoms with Gasteiger partial charge in [-0.05, 0) is 31.9 Å². The molecule has 0 spiro atoms. The minimum atomic E-state index is -4.58. The Bertz CT molecular complexity index is 618. The first kappa shape index (κ1) is 18.1. The number of rotatable bonds is 5. The fraction of sp³-hybridized carbons (Fsp3) is 0.500. The molecule has 24 heavy (non-hydrogen) atoms. The number of carbonyl (C=O) groups excluding carboxylic acids is 1. The van der Waals surface area contributed by atoms with E-state index in [1.54, 1.807) is 0 Å². The number of para-hydroxylation sites is 1. The Balaban J connectivity index is 2.11. The molecule has 0 radical (unpaired) electrons. The van der Waals surface area contributed by atoms with Crippen molar-refractivity contribution in [3.63, 3.8) is 0 Å². The minimum Gasteiger partial charge on any atom is -0.481 e. The molecule has 1 amide bonds. The van der Waals surface area contributed by atoms with Crippen LogP contribution in [0.25, 0.3) is 0 Å². The standard InChI is InChI=1S/C16H18F3NO4/c1-10(15(23)20-8-4-5-11(20)9-14(21)22)24-13-7-3-2-6-12(13)16(17,18)19/h2-3,6-7,10-11H,4-5,8-9H2,1H3,(H,21,22). The van der Waals surface area contributed by atoms with Gasteiger partial charge in [-0.1, -0.05) is 12.1 Å². The first-order valence-electron chi connectivity index (χ1n) is 7.55. The van der Waals surface area contributed by atoms with Crippen LogP contribution in [0.3, 0.4) is 0 Å². The van der Waals surface area contributed by atoms with Gasteiger partial charge in [0.25, 0.3) is 5.91 Å². The number of carboxylic acid groups (broad SMARTS) is 1. The molecule has 2 atom stereocenters.